The third-order valence-corrected chi connectivity index (χ3v) is 2.25. The number of hydrogen-bond donors (Lipinski definition) is 1. The molecule has 0 spiro atoms. The Bertz CT molecular complexity index is 393. The molecule has 0 aliphatic carbocycles. The van der Waals surface area contributed by atoms with Crippen molar-refractivity contribution in [3.63, 3.8) is 0 Å². The number of ether oxygens (including phenoxy) is 1. The molecule has 0 bridgehead atoms. The largest absolute Gasteiger partial charge is 0.468 e. The van der Waals surface area contributed by atoms with Gasteiger partial charge in [0.15, 0.2) is 6.04 Å². The lowest BCUT2D eigenvalue weighted by atomic mass is 10.00. The molecule has 0 saturated carbocycles. The van der Waals surface area contributed by atoms with Crippen molar-refractivity contribution in [3.05, 3.63) is 35.4 Å². The highest BCUT2D eigenvalue weighted by atomic mass is 19.3. The summed E-state index contributed by atoms with van der Waals surface area (Å²) in [7, 11) is 1.02. The number of rotatable bonds is 3. The van der Waals surface area contributed by atoms with Crippen molar-refractivity contribution in [2.24, 2.45) is 5.73 Å². The van der Waals surface area contributed by atoms with Crippen LogP contribution in [0.2, 0.25) is 0 Å². The molecular weight excluding hydrogens is 216 g/mol. The van der Waals surface area contributed by atoms with Crippen molar-refractivity contribution >= 4 is 5.97 Å². The first-order valence-corrected chi connectivity index (χ1v) is 4.68. The maximum atomic E-state index is 13.7. The fraction of sp³-hybridized carbons (Fsp3) is 0.364. The van der Waals surface area contributed by atoms with E-state index in [1.807, 2.05) is 0 Å². The van der Waals surface area contributed by atoms with E-state index >= 15 is 0 Å². The first-order chi connectivity index (χ1) is 7.39. The van der Waals surface area contributed by atoms with Gasteiger partial charge in [-0.3, -0.25) is 4.79 Å². The van der Waals surface area contributed by atoms with Crippen LogP contribution in [0.3, 0.4) is 0 Å². The molecule has 0 amide bonds. The van der Waals surface area contributed by atoms with Gasteiger partial charge in [0.25, 0.3) is 5.92 Å². The van der Waals surface area contributed by atoms with Crippen molar-refractivity contribution < 1.29 is 18.3 Å². The zero-order valence-electron chi connectivity index (χ0n) is 9.04. The van der Waals surface area contributed by atoms with Crippen LogP contribution >= 0.6 is 0 Å². The number of benzene rings is 1. The molecule has 0 aliphatic heterocycles. The van der Waals surface area contributed by atoms with E-state index in [1.54, 1.807) is 13.0 Å². The van der Waals surface area contributed by atoms with E-state index in [0.717, 1.165) is 7.11 Å². The third kappa shape index (κ3) is 2.36. The SMILES string of the molecule is COC(=O)C(N)C(F)(F)c1cccc(C)c1. The monoisotopic (exact) mass is 229 g/mol. The minimum atomic E-state index is -3.43. The summed E-state index contributed by atoms with van der Waals surface area (Å²) in [5.41, 5.74) is 5.55. The molecule has 0 fully saturated rings. The first-order valence-electron chi connectivity index (χ1n) is 4.68. The molecule has 0 aromatic heterocycles. The molecule has 88 valence electrons. The summed E-state index contributed by atoms with van der Waals surface area (Å²) in [4.78, 5) is 11.0. The Morgan fingerprint density at radius 2 is 2.12 bits per heavy atom. The second kappa shape index (κ2) is 4.57. The van der Waals surface area contributed by atoms with E-state index in [-0.39, 0.29) is 5.56 Å². The van der Waals surface area contributed by atoms with Crippen LogP contribution in [0.15, 0.2) is 24.3 Å². The Hall–Kier alpha value is -1.49. The number of carbonyl (C=O) groups excluding carboxylic acids is 1. The van der Waals surface area contributed by atoms with Gasteiger partial charge in [-0.2, -0.15) is 8.78 Å². The minimum Gasteiger partial charge on any atom is -0.468 e. The molecule has 16 heavy (non-hydrogen) atoms. The van der Waals surface area contributed by atoms with Gasteiger partial charge in [0.05, 0.1) is 7.11 Å². The maximum absolute atomic E-state index is 13.7. The van der Waals surface area contributed by atoms with Gasteiger partial charge < -0.3 is 10.5 Å². The lowest BCUT2D eigenvalue weighted by Gasteiger charge is -2.22. The summed E-state index contributed by atoms with van der Waals surface area (Å²) in [6.07, 6.45) is 0. The number of alkyl halides is 2. The normalized spacial score (nSPS) is 13.3. The van der Waals surface area contributed by atoms with E-state index in [0.29, 0.717) is 5.56 Å². The van der Waals surface area contributed by atoms with Crippen molar-refractivity contribution in [1.29, 1.82) is 0 Å². The van der Waals surface area contributed by atoms with Gasteiger partial charge in [0, 0.05) is 5.56 Å². The number of carbonyl (C=O) groups is 1. The average molecular weight is 229 g/mol. The number of esters is 1. The highest BCUT2D eigenvalue weighted by Gasteiger charge is 2.44. The second-order valence-electron chi connectivity index (χ2n) is 3.49. The van der Waals surface area contributed by atoms with Crippen molar-refractivity contribution in [2.75, 3.05) is 7.11 Å². The summed E-state index contributed by atoms with van der Waals surface area (Å²) in [6.45, 7) is 1.68. The molecular formula is C11H13F2NO2. The molecule has 0 radical (unpaired) electrons. The number of methoxy groups -OCH3 is 1. The van der Waals surface area contributed by atoms with Crippen LogP contribution in [0.4, 0.5) is 8.78 Å². The lowest BCUT2D eigenvalue weighted by molar-refractivity contribution is -0.153. The van der Waals surface area contributed by atoms with Crippen LogP contribution in [0.5, 0.6) is 0 Å². The Morgan fingerprint density at radius 1 is 1.50 bits per heavy atom. The number of hydrogen-bond acceptors (Lipinski definition) is 3. The van der Waals surface area contributed by atoms with Crippen LogP contribution < -0.4 is 5.73 Å². The van der Waals surface area contributed by atoms with Crippen LogP contribution in [-0.2, 0) is 15.5 Å². The predicted octanol–water partition coefficient (Wildman–Crippen LogP) is 1.59. The second-order valence-corrected chi connectivity index (χ2v) is 3.49. The van der Waals surface area contributed by atoms with E-state index in [9.17, 15) is 13.6 Å². The van der Waals surface area contributed by atoms with E-state index in [1.165, 1.54) is 18.2 Å². The summed E-state index contributed by atoms with van der Waals surface area (Å²) in [5.74, 6) is -4.56. The van der Waals surface area contributed by atoms with Gasteiger partial charge in [0.2, 0.25) is 0 Å². The van der Waals surface area contributed by atoms with E-state index in [2.05, 4.69) is 4.74 Å². The Kier molecular flexibility index (Phi) is 3.59. The molecule has 1 aromatic carbocycles. The average Bonchev–Trinajstić information content (AvgIpc) is 2.27. The molecule has 0 aliphatic rings. The molecule has 0 saturated heterocycles. The zero-order valence-corrected chi connectivity index (χ0v) is 9.04. The highest BCUT2D eigenvalue weighted by Crippen LogP contribution is 2.31. The molecule has 1 aromatic rings. The number of nitrogens with two attached hydrogens (primary N) is 1. The van der Waals surface area contributed by atoms with Crippen LogP contribution in [0, 0.1) is 6.92 Å². The first kappa shape index (κ1) is 12.6. The maximum Gasteiger partial charge on any atom is 0.329 e. The fourth-order valence-electron chi connectivity index (χ4n) is 1.31. The van der Waals surface area contributed by atoms with Crippen LogP contribution in [0.25, 0.3) is 0 Å². The van der Waals surface area contributed by atoms with Gasteiger partial charge in [0.1, 0.15) is 0 Å². The summed E-state index contributed by atoms with van der Waals surface area (Å²) in [6, 6.07) is 3.71. The molecule has 5 heteroatoms. The van der Waals surface area contributed by atoms with Crippen molar-refractivity contribution in [1.82, 2.24) is 0 Å². The fourth-order valence-corrected chi connectivity index (χ4v) is 1.31. The van der Waals surface area contributed by atoms with Crippen LogP contribution in [-0.4, -0.2) is 19.1 Å². The Morgan fingerprint density at radius 3 is 2.62 bits per heavy atom. The molecule has 2 N–H and O–H groups in total. The zero-order chi connectivity index (χ0) is 12.3. The molecule has 1 rings (SSSR count). The smallest absolute Gasteiger partial charge is 0.329 e. The Labute approximate surface area is 92.2 Å². The summed E-state index contributed by atoms with van der Waals surface area (Å²) >= 11 is 0. The molecule has 3 nitrogen and oxygen atoms in total. The van der Waals surface area contributed by atoms with Crippen molar-refractivity contribution in [3.8, 4) is 0 Å². The number of halogens is 2. The molecule has 1 atom stereocenters. The van der Waals surface area contributed by atoms with Gasteiger partial charge in [-0.1, -0.05) is 29.8 Å². The van der Waals surface area contributed by atoms with Gasteiger partial charge in [-0.25, -0.2) is 0 Å². The van der Waals surface area contributed by atoms with Gasteiger partial charge >= 0.3 is 5.97 Å². The third-order valence-electron chi connectivity index (χ3n) is 2.25. The summed E-state index contributed by atoms with van der Waals surface area (Å²) in [5, 5.41) is 0. The number of aryl methyl sites for hydroxylation is 1. The summed E-state index contributed by atoms with van der Waals surface area (Å²) < 4.78 is 31.7. The predicted molar refractivity (Wildman–Crippen MR) is 55.1 cm³/mol. The van der Waals surface area contributed by atoms with Crippen LogP contribution in [0.1, 0.15) is 11.1 Å². The van der Waals surface area contributed by atoms with E-state index < -0.39 is 17.9 Å². The Balaban J connectivity index is 3.05. The van der Waals surface area contributed by atoms with E-state index in [4.69, 9.17) is 5.73 Å². The standard InChI is InChI=1S/C11H13F2NO2/c1-7-4-3-5-8(6-7)11(12,13)9(14)10(15)16-2/h3-6,9H,14H2,1-2H3. The minimum absolute atomic E-state index is 0.287. The lowest BCUT2D eigenvalue weighted by Crippen LogP contribution is -2.45. The quantitative estimate of drug-likeness (QED) is 0.801. The molecule has 0 heterocycles. The van der Waals surface area contributed by atoms with Gasteiger partial charge in [-0.15, -0.1) is 0 Å². The highest BCUT2D eigenvalue weighted by molar-refractivity contribution is 5.77. The van der Waals surface area contributed by atoms with Gasteiger partial charge in [-0.05, 0) is 6.92 Å². The topological polar surface area (TPSA) is 52.3 Å². The molecule has 1 unspecified atom stereocenters. The van der Waals surface area contributed by atoms with Crippen molar-refractivity contribution in [2.45, 2.75) is 18.9 Å².